The minimum Gasteiger partial charge on any atom is -0.365 e. The number of nitro benzene ring substituents is 1. The smallest absolute Gasteiger partial charge is 0.293 e. The molecule has 4 rings (SSSR count). The lowest BCUT2D eigenvalue weighted by atomic mass is 9.83. The van der Waals surface area contributed by atoms with Crippen LogP contribution in [0.2, 0.25) is 0 Å². The summed E-state index contributed by atoms with van der Waals surface area (Å²) in [6.45, 7) is 4.38. The largest absolute Gasteiger partial charge is 0.365 e. The molecular weight excluding hydrogens is 372 g/mol. The SMILES string of the molecule is CCCNC(=O)c1ccc(N2C[C@H]3C[C@@H](C2)c2cccc(=O)n2C3)c([N+](=O)[O-])c1. The first kappa shape index (κ1) is 19.2. The average molecular weight is 396 g/mol. The third-order valence-electron chi connectivity index (χ3n) is 5.79. The predicted molar refractivity (Wildman–Crippen MR) is 109 cm³/mol. The van der Waals surface area contributed by atoms with Crippen molar-refractivity contribution in [2.24, 2.45) is 5.92 Å². The number of anilines is 1. The van der Waals surface area contributed by atoms with Gasteiger partial charge in [0, 0.05) is 55.5 Å². The van der Waals surface area contributed by atoms with Gasteiger partial charge in [-0.05, 0) is 37.0 Å². The summed E-state index contributed by atoms with van der Waals surface area (Å²) in [4.78, 5) is 37.8. The molecule has 1 aromatic heterocycles. The van der Waals surface area contributed by atoms with E-state index in [9.17, 15) is 19.7 Å². The molecule has 0 radical (unpaired) electrons. The monoisotopic (exact) mass is 396 g/mol. The van der Waals surface area contributed by atoms with Crippen LogP contribution >= 0.6 is 0 Å². The molecule has 29 heavy (non-hydrogen) atoms. The van der Waals surface area contributed by atoms with Gasteiger partial charge < -0.3 is 14.8 Å². The Kier molecular flexibility index (Phi) is 5.08. The van der Waals surface area contributed by atoms with Crippen molar-refractivity contribution >= 4 is 17.3 Å². The first-order chi connectivity index (χ1) is 14.0. The molecule has 1 aromatic carbocycles. The Labute approximate surface area is 168 Å². The number of aromatic nitrogens is 1. The highest BCUT2D eigenvalue weighted by molar-refractivity contribution is 5.95. The van der Waals surface area contributed by atoms with Crippen LogP contribution in [0.15, 0.2) is 41.2 Å². The highest BCUT2D eigenvalue weighted by Gasteiger charge is 2.36. The van der Waals surface area contributed by atoms with Crippen molar-refractivity contribution in [1.29, 1.82) is 0 Å². The second-order valence-electron chi connectivity index (χ2n) is 7.82. The molecule has 2 aliphatic heterocycles. The number of fused-ring (bicyclic) bond motifs is 4. The van der Waals surface area contributed by atoms with E-state index in [0.717, 1.165) is 18.5 Å². The molecule has 8 nitrogen and oxygen atoms in total. The van der Waals surface area contributed by atoms with Crippen LogP contribution in [-0.4, -0.2) is 35.0 Å². The average Bonchev–Trinajstić information content (AvgIpc) is 2.72. The number of amides is 1. The summed E-state index contributed by atoms with van der Waals surface area (Å²) < 4.78 is 1.84. The summed E-state index contributed by atoms with van der Waals surface area (Å²) in [6.07, 6.45) is 1.78. The molecule has 2 aliphatic rings. The number of carbonyl (C=O) groups excluding carboxylic acids is 1. The van der Waals surface area contributed by atoms with E-state index >= 15 is 0 Å². The second kappa shape index (κ2) is 7.69. The molecule has 1 N–H and O–H groups in total. The van der Waals surface area contributed by atoms with Gasteiger partial charge in [-0.25, -0.2) is 0 Å². The van der Waals surface area contributed by atoms with Crippen molar-refractivity contribution in [2.75, 3.05) is 24.5 Å². The van der Waals surface area contributed by atoms with E-state index in [4.69, 9.17) is 0 Å². The van der Waals surface area contributed by atoms with Crippen LogP contribution < -0.4 is 15.8 Å². The van der Waals surface area contributed by atoms with Gasteiger partial charge in [-0.1, -0.05) is 13.0 Å². The lowest BCUT2D eigenvalue weighted by Gasteiger charge is -2.43. The first-order valence-electron chi connectivity index (χ1n) is 9.99. The number of hydrogen-bond acceptors (Lipinski definition) is 5. The van der Waals surface area contributed by atoms with Gasteiger partial charge in [-0.2, -0.15) is 0 Å². The van der Waals surface area contributed by atoms with E-state index in [1.807, 2.05) is 22.5 Å². The van der Waals surface area contributed by atoms with Crippen molar-refractivity contribution in [3.05, 3.63) is 68.1 Å². The summed E-state index contributed by atoms with van der Waals surface area (Å²) >= 11 is 0. The van der Waals surface area contributed by atoms with Crippen LogP contribution in [0.25, 0.3) is 0 Å². The van der Waals surface area contributed by atoms with Crippen LogP contribution in [0.5, 0.6) is 0 Å². The lowest BCUT2D eigenvalue weighted by Crippen LogP contribution is -2.47. The van der Waals surface area contributed by atoms with Gasteiger partial charge in [0.1, 0.15) is 5.69 Å². The van der Waals surface area contributed by atoms with E-state index in [-0.39, 0.29) is 29.0 Å². The molecule has 0 spiro atoms. The Morgan fingerprint density at radius 3 is 2.83 bits per heavy atom. The molecular formula is C21H24N4O4. The molecule has 2 atom stereocenters. The number of pyridine rings is 1. The molecule has 0 saturated carbocycles. The number of hydrogen-bond donors (Lipinski definition) is 1. The molecule has 8 heteroatoms. The maximum atomic E-state index is 12.2. The highest BCUT2D eigenvalue weighted by atomic mass is 16.6. The van der Waals surface area contributed by atoms with Crippen molar-refractivity contribution in [3.8, 4) is 0 Å². The van der Waals surface area contributed by atoms with Gasteiger partial charge in [0.25, 0.3) is 17.2 Å². The standard InChI is InChI=1S/C21H24N4O4/c1-2-8-22-21(27)15-6-7-18(19(10-15)25(28)29)23-11-14-9-16(13-23)17-4-3-5-20(26)24(17)12-14/h3-7,10,14,16H,2,8-9,11-13H2,1H3,(H,22,27)/t14-,16+/m1/s1. The van der Waals surface area contributed by atoms with Crippen molar-refractivity contribution in [1.82, 2.24) is 9.88 Å². The Morgan fingerprint density at radius 2 is 2.07 bits per heavy atom. The van der Waals surface area contributed by atoms with Crippen molar-refractivity contribution in [2.45, 2.75) is 32.2 Å². The van der Waals surface area contributed by atoms with Crippen molar-refractivity contribution < 1.29 is 9.72 Å². The zero-order valence-corrected chi connectivity index (χ0v) is 16.3. The molecule has 152 valence electrons. The molecule has 2 bridgehead atoms. The van der Waals surface area contributed by atoms with E-state index in [1.165, 1.54) is 6.07 Å². The Balaban J connectivity index is 1.64. The van der Waals surface area contributed by atoms with Gasteiger partial charge >= 0.3 is 0 Å². The lowest BCUT2D eigenvalue weighted by molar-refractivity contribution is -0.384. The number of rotatable bonds is 5. The summed E-state index contributed by atoms with van der Waals surface area (Å²) in [5, 5.41) is 14.5. The molecule has 2 aromatic rings. The van der Waals surface area contributed by atoms with Crippen LogP contribution in [0.3, 0.4) is 0 Å². The highest BCUT2D eigenvalue weighted by Crippen LogP contribution is 2.39. The van der Waals surface area contributed by atoms with E-state index in [0.29, 0.717) is 37.4 Å². The molecule has 3 heterocycles. The first-order valence-corrected chi connectivity index (χ1v) is 9.99. The quantitative estimate of drug-likeness (QED) is 0.619. The molecule has 0 aliphatic carbocycles. The van der Waals surface area contributed by atoms with Gasteiger partial charge in [-0.15, -0.1) is 0 Å². The van der Waals surface area contributed by atoms with Crippen LogP contribution in [0, 0.1) is 16.0 Å². The normalized spacial score (nSPS) is 20.1. The number of nitro groups is 1. The summed E-state index contributed by atoms with van der Waals surface area (Å²) in [6, 6.07) is 10.0. The van der Waals surface area contributed by atoms with E-state index in [2.05, 4.69) is 5.32 Å². The number of piperidine rings is 1. The van der Waals surface area contributed by atoms with Crippen LogP contribution in [-0.2, 0) is 6.54 Å². The zero-order valence-electron chi connectivity index (χ0n) is 16.3. The Bertz CT molecular complexity index is 1020. The molecule has 1 saturated heterocycles. The van der Waals surface area contributed by atoms with E-state index in [1.54, 1.807) is 24.3 Å². The zero-order chi connectivity index (χ0) is 20.5. The van der Waals surface area contributed by atoms with Crippen LogP contribution in [0.4, 0.5) is 11.4 Å². The summed E-state index contributed by atoms with van der Waals surface area (Å²) in [7, 11) is 0. The van der Waals surface area contributed by atoms with Gasteiger partial charge in [-0.3, -0.25) is 19.7 Å². The molecule has 1 amide bonds. The van der Waals surface area contributed by atoms with Gasteiger partial charge in [0.05, 0.1) is 4.92 Å². The van der Waals surface area contributed by atoms with Crippen LogP contribution in [0.1, 0.15) is 41.7 Å². The second-order valence-corrected chi connectivity index (χ2v) is 7.82. The topological polar surface area (TPSA) is 97.5 Å². The Hall–Kier alpha value is -3.16. The fourth-order valence-corrected chi connectivity index (χ4v) is 4.51. The number of nitrogens with zero attached hydrogens (tertiary/aromatic N) is 3. The maximum absolute atomic E-state index is 12.2. The minimum absolute atomic E-state index is 0.0130. The fraction of sp³-hybridized carbons (Fsp3) is 0.429. The van der Waals surface area contributed by atoms with Crippen molar-refractivity contribution in [3.63, 3.8) is 0 Å². The maximum Gasteiger partial charge on any atom is 0.293 e. The fourth-order valence-electron chi connectivity index (χ4n) is 4.51. The van der Waals surface area contributed by atoms with E-state index < -0.39 is 4.92 Å². The number of nitrogens with one attached hydrogen (secondary N) is 1. The summed E-state index contributed by atoms with van der Waals surface area (Å²) in [5.41, 5.74) is 1.78. The third kappa shape index (κ3) is 3.62. The molecule has 0 unspecified atom stereocenters. The molecule has 1 fully saturated rings. The predicted octanol–water partition coefficient (Wildman–Crippen LogP) is 2.52. The Morgan fingerprint density at radius 1 is 1.24 bits per heavy atom. The minimum atomic E-state index is -0.422. The van der Waals surface area contributed by atoms with Gasteiger partial charge in [0.2, 0.25) is 0 Å². The summed E-state index contributed by atoms with van der Waals surface area (Å²) in [5.74, 6) is 0.113. The van der Waals surface area contributed by atoms with Gasteiger partial charge in [0.15, 0.2) is 0 Å². The number of carbonyl (C=O) groups is 1. The third-order valence-corrected chi connectivity index (χ3v) is 5.79. The number of benzene rings is 1.